The molecule has 3 heteroatoms. The zero-order valence-corrected chi connectivity index (χ0v) is 18.4. The Morgan fingerprint density at radius 1 is 0.889 bits per heavy atom. The van der Waals surface area contributed by atoms with Crippen molar-refractivity contribution in [2.24, 2.45) is 5.73 Å². The van der Waals surface area contributed by atoms with Crippen LogP contribution in [0.5, 0.6) is 5.75 Å². The molecule has 0 radical (unpaired) electrons. The maximum Gasteiger partial charge on any atom is 0.119 e. The predicted octanol–water partition coefficient (Wildman–Crippen LogP) is 5.70. The highest BCUT2D eigenvalue weighted by atomic mass is 16.5. The summed E-state index contributed by atoms with van der Waals surface area (Å²) in [6, 6.07) is 16.7. The van der Waals surface area contributed by atoms with E-state index < -0.39 is 0 Å². The van der Waals surface area contributed by atoms with Gasteiger partial charge in [-0.3, -0.25) is 0 Å². The molecule has 0 aliphatic carbocycles. The van der Waals surface area contributed by atoms with E-state index in [1.165, 1.54) is 16.7 Å². The monoisotopic (exact) mass is 372 g/mol. The van der Waals surface area contributed by atoms with Crippen LogP contribution in [0.4, 0.5) is 0 Å². The molecule has 152 valence electrons. The van der Waals surface area contributed by atoms with Gasteiger partial charge in [-0.1, -0.05) is 77.9 Å². The molecule has 0 fully saturated rings. The third-order valence-electron chi connectivity index (χ3n) is 4.00. The highest BCUT2D eigenvalue weighted by Crippen LogP contribution is 2.19. The average molecular weight is 373 g/mol. The Morgan fingerprint density at radius 2 is 1.44 bits per heavy atom. The van der Waals surface area contributed by atoms with Gasteiger partial charge >= 0.3 is 0 Å². The molecule has 2 aromatic carbocycles. The molecule has 0 unspecified atom stereocenters. The van der Waals surface area contributed by atoms with E-state index in [0.717, 1.165) is 18.9 Å². The van der Waals surface area contributed by atoms with E-state index >= 15 is 0 Å². The molecule has 0 aliphatic rings. The number of nitrogens with one attached hydrogen (secondary N) is 1. The Kier molecular flexibility index (Phi) is 14.2. The van der Waals surface area contributed by atoms with Crippen LogP contribution < -0.4 is 15.8 Å². The Labute approximate surface area is 167 Å². The van der Waals surface area contributed by atoms with E-state index in [1.54, 1.807) is 0 Å². The first-order valence-electron chi connectivity index (χ1n) is 10.1. The first-order valence-corrected chi connectivity index (χ1v) is 10.1. The van der Waals surface area contributed by atoms with Gasteiger partial charge < -0.3 is 15.8 Å². The van der Waals surface area contributed by atoms with E-state index in [9.17, 15) is 0 Å². The fourth-order valence-corrected chi connectivity index (χ4v) is 2.31. The van der Waals surface area contributed by atoms with Crippen molar-refractivity contribution in [3.63, 3.8) is 0 Å². The summed E-state index contributed by atoms with van der Waals surface area (Å²) < 4.78 is 5.57. The number of rotatable bonds is 7. The van der Waals surface area contributed by atoms with Crippen molar-refractivity contribution >= 4 is 0 Å². The Bertz CT molecular complexity index is 609. The molecule has 27 heavy (non-hydrogen) atoms. The molecular formula is C24H40N2O. The van der Waals surface area contributed by atoms with Crippen molar-refractivity contribution in [2.75, 3.05) is 20.2 Å². The lowest BCUT2D eigenvalue weighted by atomic mass is 10.0. The second-order valence-electron chi connectivity index (χ2n) is 6.78. The van der Waals surface area contributed by atoms with Crippen LogP contribution in [0, 0.1) is 0 Å². The molecule has 0 spiro atoms. The van der Waals surface area contributed by atoms with Gasteiger partial charge in [0.05, 0.1) is 0 Å². The van der Waals surface area contributed by atoms with Crippen LogP contribution in [0.2, 0.25) is 0 Å². The largest absolute Gasteiger partial charge is 0.492 e. The molecular weight excluding hydrogens is 332 g/mol. The summed E-state index contributed by atoms with van der Waals surface area (Å²) in [7, 11) is 1.92. The number of hydrogen-bond donors (Lipinski definition) is 2. The van der Waals surface area contributed by atoms with Gasteiger partial charge in [0.25, 0.3) is 0 Å². The van der Waals surface area contributed by atoms with Gasteiger partial charge in [-0.2, -0.15) is 0 Å². The van der Waals surface area contributed by atoms with Crippen LogP contribution in [0.1, 0.15) is 70.1 Å². The summed E-state index contributed by atoms with van der Waals surface area (Å²) >= 11 is 0. The van der Waals surface area contributed by atoms with Gasteiger partial charge in [-0.25, -0.2) is 0 Å². The topological polar surface area (TPSA) is 47.3 Å². The summed E-state index contributed by atoms with van der Waals surface area (Å²) in [5.74, 6) is 2.12. The van der Waals surface area contributed by atoms with Gasteiger partial charge in [0.15, 0.2) is 0 Å². The van der Waals surface area contributed by atoms with Crippen LogP contribution >= 0.6 is 0 Å². The minimum absolute atomic E-state index is 0.558. The van der Waals surface area contributed by atoms with Crippen LogP contribution in [0.15, 0.2) is 48.5 Å². The highest BCUT2D eigenvalue weighted by Gasteiger charge is 2.00. The number of benzene rings is 2. The van der Waals surface area contributed by atoms with Crippen molar-refractivity contribution in [3.8, 4) is 5.75 Å². The second-order valence-corrected chi connectivity index (χ2v) is 6.78. The second kappa shape index (κ2) is 15.2. The third-order valence-corrected chi connectivity index (χ3v) is 4.00. The third kappa shape index (κ3) is 10.8. The molecule has 0 saturated carbocycles. The van der Waals surface area contributed by atoms with E-state index in [0.29, 0.717) is 18.4 Å². The zero-order chi connectivity index (χ0) is 20.7. The van der Waals surface area contributed by atoms with Crippen LogP contribution in [-0.2, 0) is 6.54 Å². The maximum atomic E-state index is 5.57. The zero-order valence-electron chi connectivity index (χ0n) is 18.4. The molecule has 0 heterocycles. The van der Waals surface area contributed by atoms with E-state index in [2.05, 4.69) is 69.4 Å². The lowest BCUT2D eigenvalue weighted by Crippen LogP contribution is -2.15. The van der Waals surface area contributed by atoms with Gasteiger partial charge in [-0.05, 0) is 47.7 Å². The maximum absolute atomic E-state index is 5.57. The predicted molar refractivity (Wildman–Crippen MR) is 120 cm³/mol. The summed E-state index contributed by atoms with van der Waals surface area (Å²) in [6.45, 7) is 15.0. The minimum Gasteiger partial charge on any atom is -0.492 e. The number of nitrogens with two attached hydrogens (primary N) is 1. The molecule has 3 nitrogen and oxygen atoms in total. The fourth-order valence-electron chi connectivity index (χ4n) is 2.31. The smallest absolute Gasteiger partial charge is 0.119 e. The molecule has 0 atom stereocenters. The Hall–Kier alpha value is -1.84. The summed E-state index contributed by atoms with van der Waals surface area (Å²) in [6.07, 6.45) is 0. The lowest BCUT2D eigenvalue weighted by Gasteiger charge is -2.09. The van der Waals surface area contributed by atoms with Crippen LogP contribution in [0.3, 0.4) is 0 Å². The van der Waals surface area contributed by atoms with Gasteiger partial charge in [0.2, 0.25) is 0 Å². The number of ether oxygens (including phenoxy) is 1. The standard InChI is InChI=1S/C12H19NO.C10H15N.C2H6/c1-10(2)11-5-4-6-12(9-11)14-8-7-13-3;1-8(2)10-5-3-4-9(6-10)7-11;1-2/h4-6,9-10,13H,7-8H2,1-3H3;3-6,8H,7,11H2,1-2H3;1-2H3. The first kappa shape index (κ1) is 25.2. The van der Waals surface area contributed by atoms with E-state index in [1.807, 2.05) is 33.0 Å². The molecule has 2 aromatic rings. The summed E-state index contributed by atoms with van der Waals surface area (Å²) in [4.78, 5) is 0. The van der Waals surface area contributed by atoms with Crippen molar-refractivity contribution in [3.05, 3.63) is 65.2 Å². The molecule has 3 N–H and O–H groups in total. The molecule has 0 amide bonds. The lowest BCUT2D eigenvalue weighted by molar-refractivity contribution is 0.318. The van der Waals surface area contributed by atoms with Crippen molar-refractivity contribution in [2.45, 2.75) is 59.9 Å². The average Bonchev–Trinajstić information content (AvgIpc) is 2.70. The molecule has 0 aromatic heterocycles. The van der Waals surface area contributed by atoms with Crippen molar-refractivity contribution in [1.29, 1.82) is 0 Å². The Morgan fingerprint density at radius 3 is 1.96 bits per heavy atom. The molecule has 0 aliphatic heterocycles. The number of hydrogen-bond acceptors (Lipinski definition) is 3. The normalized spacial score (nSPS) is 10.0. The summed E-state index contributed by atoms with van der Waals surface area (Å²) in [5, 5.41) is 3.05. The minimum atomic E-state index is 0.558. The number of likely N-dealkylation sites (N-methyl/N-ethyl adjacent to an activating group) is 1. The fraction of sp³-hybridized carbons (Fsp3) is 0.500. The summed E-state index contributed by atoms with van der Waals surface area (Å²) in [5.41, 5.74) is 9.43. The molecule has 0 bridgehead atoms. The molecule has 2 rings (SSSR count). The van der Waals surface area contributed by atoms with E-state index in [-0.39, 0.29) is 0 Å². The van der Waals surface area contributed by atoms with Crippen molar-refractivity contribution < 1.29 is 4.74 Å². The SMILES string of the molecule is CC.CC(C)c1cccc(CN)c1.CNCCOc1cccc(C(C)C)c1. The van der Waals surface area contributed by atoms with E-state index in [4.69, 9.17) is 10.5 Å². The quantitative estimate of drug-likeness (QED) is 0.613. The van der Waals surface area contributed by atoms with Crippen molar-refractivity contribution in [1.82, 2.24) is 5.32 Å². The highest BCUT2D eigenvalue weighted by molar-refractivity contribution is 5.30. The first-order chi connectivity index (χ1) is 13.0. The van der Waals surface area contributed by atoms with Gasteiger partial charge in [-0.15, -0.1) is 0 Å². The van der Waals surface area contributed by atoms with Crippen LogP contribution in [0.25, 0.3) is 0 Å². The Balaban J connectivity index is 0.000000469. The van der Waals surface area contributed by atoms with Crippen LogP contribution in [-0.4, -0.2) is 20.2 Å². The van der Waals surface area contributed by atoms with Gasteiger partial charge in [0.1, 0.15) is 12.4 Å². The molecule has 0 saturated heterocycles. The van der Waals surface area contributed by atoms with Gasteiger partial charge in [0, 0.05) is 13.1 Å².